The number of nitrogens with one attached hydrogen (secondary N) is 1. The number of para-hydroxylation sites is 1. The minimum Gasteiger partial charge on any atom is -0.311 e. The molecular formula is C22H30N2O. The lowest BCUT2D eigenvalue weighted by Crippen LogP contribution is -2.42. The van der Waals surface area contributed by atoms with E-state index >= 15 is 0 Å². The molecule has 0 spiro atoms. The van der Waals surface area contributed by atoms with Gasteiger partial charge in [0.2, 0.25) is 5.91 Å². The largest absolute Gasteiger partial charge is 0.311 e. The molecule has 1 N–H and O–H groups in total. The molecule has 0 aliphatic heterocycles. The van der Waals surface area contributed by atoms with Gasteiger partial charge in [-0.25, -0.2) is 0 Å². The van der Waals surface area contributed by atoms with Crippen molar-refractivity contribution in [3.8, 4) is 0 Å². The first-order valence-corrected chi connectivity index (χ1v) is 8.99. The van der Waals surface area contributed by atoms with Crippen LogP contribution in [0.2, 0.25) is 0 Å². The quantitative estimate of drug-likeness (QED) is 0.826. The Kier molecular flexibility index (Phi) is 6.38. The van der Waals surface area contributed by atoms with Gasteiger partial charge in [-0.15, -0.1) is 0 Å². The molecule has 0 saturated heterocycles. The summed E-state index contributed by atoms with van der Waals surface area (Å²) < 4.78 is 0. The Morgan fingerprint density at radius 3 is 2.20 bits per heavy atom. The molecule has 2 rings (SSSR count). The molecule has 0 aromatic heterocycles. The maximum absolute atomic E-state index is 12.9. The average Bonchev–Trinajstić information content (AvgIpc) is 2.57. The van der Waals surface area contributed by atoms with E-state index in [2.05, 4.69) is 38.2 Å². The van der Waals surface area contributed by atoms with Crippen LogP contribution in [0.1, 0.15) is 44.9 Å². The number of carbonyl (C=O) groups is 1. The first-order valence-electron chi connectivity index (χ1n) is 8.99. The van der Waals surface area contributed by atoms with Crippen LogP contribution in [-0.4, -0.2) is 19.0 Å². The maximum Gasteiger partial charge on any atom is 0.240 e. The van der Waals surface area contributed by atoms with Gasteiger partial charge in [-0.1, -0.05) is 69.3 Å². The molecule has 1 amide bonds. The van der Waals surface area contributed by atoms with Gasteiger partial charge in [0.05, 0.1) is 6.54 Å². The second kappa shape index (κ2) is 8.30. The number of hydrogen-bond acceptors (Lipinski definition) is 2. The summed E-state index contributed by atoms with van der Waals surface area (Å²) in [6.45, 7) is 11.6. The highest BCUT2D eigenvalue weighted by Gasteiger charge is 2.27. The molecule has 0 heterocycles. The lowest BCUT2D eigenvalue weighted by molar-refractivity contribution is -0.118. The molecule has 2 aromatic rings. The number of amides is 1. The molecule has 0 saturated carbocycles. The Bertz CT molecular complexity index is 689. The molecule has 0 bridgehead atoms. The SMILES string of the molecule is CCN(C(=O)CNC(c1ccccc1)C(C)(C)C)c1ccccc1C. The minimum absolute atomic E-state index is 0.0152. The predicted octanol–water partition coefficient (Wildman–Crippen LogP) is 4.72. The molecule has 2 aromatic carbocycles. The van der Waals surface area contributed by atoms with E-state index < -0.39 is 0 Å². The average molecular weight is 338 g/mol. The van der Waals surface area contributed by atoms with Gasteiger partial charge in [0, 0.05) is 18.3 Å². The van der Waals surface area contributed by atoms with Crippen LogP contribution in [0.15, 0.2) is 54.6 Å². The summed E-state index contributed by atoms with van der Waals surface area (Å²) in [5.41, 5.74) is 3.33. The van der Waals surface area contributed by atoms with E-state index in [1.165, 1.54) is 5.56 Å². The number of likely N-dealkylation sites (N-methyl/N-ethyl adjacent to an activating group) is 1. The molecule has 25 heavy (non-hydrogen) atoms. The third-order valence-corrected chi connectivity index (χ3v) is 4.48. The van der Waals surface area contributed by atoms with Crippen LogP contribution >= 0.6 is 0 Å². The second-order valence-corrected chi connectivity index (χ2v) is 7.52. The number of carbonyl (C=O) groups excluding carboxylic acids is 1. The lowest BCUT2D eigenvalue weighted by Gasteiger charge is -2.33. The third-order valence-electron chi connectivity index (χ3n) is 4.48. The fourth-order valence-electron chi connectivity index (χ4n) is 3.20. The zero-order valence-corrected chi connectivity index (χ0v) is 16.0. The van der Waals surface area contributed by atoms with Crippen molar-refractivity contribution in [2.24, 2.45) is 5.41 Å². The molecule has 0 radical (unpaired) electrons. The number of hydrogen-bond donors (Lipinski definition) is 1. The number of nitrogens with zero attached hydrogens (tertiary/aromatic N) is 1. The van der Waals surface area contributed by atoms with Crippen LogP contribution in [-0.2, 0) is 4.79 Å². The number of benzene rings is 2. The molecule has 0 aliphatic carbocycles. The summed E-state index contributed by atoms with van der Waals surface area (Å²) in [5, 5.41) is 3.49. The Balaban J connectivity index is 2.14. The third kappa shape index (κ3) is 4.93. The van der Waals surface area contributed by atoms with Crippen molar-refractivity contribution in [2.75, 3.05) is 18.0 Å². The van der Waals surface area contributed by atoms with Crippen LogP contribution in [0.25, 0.3) is 0 Å². The van der Waals surface area contributed by atoms with Crippen LogP contribution in [0.4, 0.5) is 5.69 Å². The van der Waals surface area contributed by atoms with E-state index in [-0.39, 0.29) is 17.4 Å². The Hall–Kier alpha value is -2.13. The molecule has 3 nitrogen and oxygen atoms in total. The minimum atomic E-state index is 0.0152. The van der Waals surface area contributed by atoms with Crippen molar-refractivity contribution in [1.29, 1.82) is 0 Å². The van der Waals surface area contributed by atoms with E-state index in [4.69, 9.17) is 0 Å². The van der Waals surface area contributed by atoms with Gasteiger partial charge in [-0.05, 0) is 36.5 Å². The maximum atomic E-state index is 12.9. The standard InChI is InChI=1S/C22H30N2O/c1-6-24(19-15-11-10-12-17(19)2)20(25)16-23-21(22(3,4)5)18-13-8-7-9-14-18/h7-15,21,23H,6,16H2,1-5H3. The predicted molar refractivity (Wildman–Crippen MR) is 106 cm³/mol. The van der Waals surface area contributed by atoms with Gasteiger partial charge >= 0.3 is 0 Å². The number of aryl methyl sites for hydroxylation is 1. The summed E-state index contributed by atoms with van der Waals surface area (Å²) in [6.07, 6.45) is 0. The van der Waals surface area contributed by atoms with Gasteiger partial charge < -0.3 is 10.2 Å². The fraction of sp³-hybridized carbons (Fsp3) is 0.409. The summed E-state index contributed by atoms with van der Waals surface area (Å²) in [4.78, 5) is 14.7. The Morgan fingerprint density at radius 1 is 1.04 bits per heavy atom. The fourth-order valence-corrected chi connectivity index (χ4v) is 3.20. The van der Waals surface area contributed by atoms with Crippen molar-refractivity contribution in [1.82, 2.24) is 5.32 Å². The Labute approximate surface area is 152 Å². The first kappa shape index (κ1) is 19.2. The van der Waals surface area contributed by atoms with Crippen LogP contribution in [0, 0.1) is 12.3 Å². The van der Waals surface area contributed by atoms with Crippen LogP contribution in [0.3, 0.4) is 0 Å². The van der Waals surface area contributed by atoms with Crippen molar-refractivity contribution in [3.05, 3.63) is 65.7 Å². The molecule has 1 unspecified atom stereocenters. The molecular weight excluding hydrogens is 308 g/mol. The van der Waals surface area contributed by atoms with Crippen molar-refractivity contribution < 1.29 is 4.79 Å². The first-order chi connectivity index (χ1) is 11.8. The monoisotopic (exact) mass is 338 g/mol. The highest BCUT2D eigenvalue weighted by Crippen LogP contribution is 2.32. The summed E-state index contributed by atoms with van der Waals surface area (Å²) in [7, 11) is 0. The van der Waals surface area contributed by atoms with Gasteiger partial charge in [0.15, 0.2) is 0 Å². The highest BCUT2D eigenvalue weighted by atomic mass is 16.2. The summed E-state index contributed by atoms with van der Waals surface area (Å²) >= 11 is 0. The van der Waals surface area contributed by atoms with Gasteiger partial charge in [0.1, 0.15) is 0 Å². The van der Waals surface area contributed by atoms with Gasteiger partial charge in [0.25, 0.3) is 0 Å². The zero-order chi connectivity index (χ0) is 18.4. The summed E-state index contributed by atoms with van der Waals surface area (Å²) in [6, 6.07) is 18.5. The van der Waals surface area contributed by atoms with E-state index in [0.29, 0.717) is 13.1 Å². The molecule has 3 heteroatoms. The molecule has 1 atom stereocenters. The molecule has 134 valence electrons. The van der Waals surface area contributed by atoms with Crippen molar-refractivity contribution in [2.45, 2.75) is 40.7 Å². The number of anilines is 1. The second-order valence-electron chi connectivity index (χ2n) is 7.52. The van der Waals surface area contributed by atoms with Gasteiger partial charge in [-0.3, -0.25) is 4.79 Å². The topological polar surface area (TPSA) is 32.3 Å². The van der Waals surface area contributed by atoms with E-state index in [1.54, 1.807) is 0 Å². The van der Waals surface area contributed by atoms with Crippen molar-refractivity contribution in [3.63, 3.8) is 0 Å². The van der Waals surface area contributed by atoms with E-state index in [0.717, 1.165) is 11.3 Å². The normalized spacial score (nSPS) is 12.7. The van der Waals surface area contributed by atoms with E-state index in [1.807, 2.05) is 61.2 Å². The number of rotatable bonds is 6. The smallest absolute Gasteiger partial charge is 0.240 e. The molecule has 0 fully saturated rings. The Morgan fingerprint density at radius 2 is 1.64 bits per heavy atom. The van der Waals surface area contributed by atoms with E-state index in [9.17, 15) is 4.79 Å². The lowest BCUT2D eigenvalue weighted by atomic mass is 9.82. The molecule has 0 aliphatic rings. The van der Waals surface area contributed by atoms with Crippen LogP contribution in [0.5, 0.6) is 0 Å². The highest BCUT2D eigenvalue weighted by molar-refractivity contribution is 5.95. The van der Waals surface area contributed by atoms with Gasteiger partial charge in [-0.2, -0.15) is 0 Å². The summed E-state index contributed by atoms with van der Waals surface area (Å²) in [5.74, 6) is 0.0991. The van der Waals surface area contributed by atoms with Crippen molar-refractivity contribution >= 4 is 11.6 Å². The van der Waals surface area contributed by atoms with Crippen LogP contribution < -0.4 is 10.2 Å². The zero-order valence-electron chi connectivity index (χ0n) is 16.0.